The summed E-state index contributed by atoms with van der Waals surface area (Å²) in [6.07, 6.45) is 4.54. The fourth-order valence-electron chi connectivity index (χ4n) is 4.29. The summed E-state index contributed by atoms with van der Waals surface area (Å²) < 4.78 is 7.59. The second-order valence-electron chi connectivity index (χ2n) is 8.49. The van der Waals surface area contributed by atoms with E-state index in [2.05, 4.69) is 20.2 Å². The lowest BCUT2D eigenvalue weighted by Gasteiger charge is -2.19. The summed E-state index contributed by atoms with van der Waals surface area (Å²) in [6, 6.07) is 13.6. The Morgan fingerprint density at radius 2 is 2.11 bits per heavy atom. The van der Waals surface area contributed by atoms with E-state index in [0.29, 0.717) is 27.7 Å². The van der Waals surface area contributed by atoms with Gasteiger partial charge in [0.05, 0.1) is 28.5 Å². The Kier molecular flexibility index (Phi) is 6.34. The number of nitrogens with one attached hydrogen (secondary N) is 1. The van der Waals surface area contributed by atoms with E-state index in [9.17, 15) is 15.2 Å². The minimum atomic E-state index is -0.489. The van der Waals surface area contributed by atoms with Gasteiger partial charge in [0.1, 0.15) is 29.7 Å². The maximum absolute atomic E-state index is 12.7. The molecule has 0 aliphatic rings. The van der Waals surface area contributed by atoms with Crippen molar-refractivity contribution in [2.75, 3.05) is 0 Å². The number of fused-ring (bicyclic) bond motifs is 1. The summed E-state index contributed by atoms with van der Waals surface area (Å²) in [5, 5.41) is 27.4. The van der Waals surface area contributed by atoms with E-state index in [1.165, 1.54) is 16.8 Å². The number of aromatic hydroxyl groups is 1. The number of rotatable bonds is 6. The number of halogens is 1. The van der Waals surface area contributed by atoms with Crippen LogP contribution < -0.4 is 10.3 Å². The number of ether oxygens (including phenoxy) is 1. The van der Waals surface area contributed by atoms with Gasteiger partial charge < -0.3 is 14.4 Å². The number of aromatic amines is 1. The Bertz CT molecular complexity index is 1740. The third-order valence-electron chi connectivity index (χ3n) is 6.12. The fraction of sp³-hybridized carbons (Fsp3) is 0.148. The number of hydrogen-bond acceptors (Lipinski definition) is 7. The van der Waals surface area contributed by atoms with Gasteiger partial charge in [0, 0.05) is 34.6 Å². The van der Waals surface area contributed by atoms with Crippen molar-refractivity contribution >= 4 is 22.5 Å². The molecule has 1 unspecified atom stereocenters. The zero-order valence-electron chi connectivity index (χ0n) is 19.9. The molecule has 0 aliphatic carbocycles. The zero-order valence-corrected chi connectivity index (χ0v) is 20.7. The van der Waals surface area contributed by atoms with Crippen molar-refractivity contribution in [1.29, 1.82) is 5.26 Å². The van der Waals surface area contributed by atoms with Crippen molar-refractivity contribution in [3.05, 3.63) is 98.9 Å². The Labute approximate surface area is 216 Å². The quantitative estimate of drug-likeness (QED) is 0.330. The molecule has 0 amide bonds. The second kappa shape index (κ2) is 9.76. The van der Waals surface area contributed by atoms with E-state index < -0.39 is 11.6 Å². The number of pyridine rings is 3. The Balaban J connectivity index is 1.50. The first-order valence-corrected chi connectivity index (χ1v) is 11.8. The number of benzene rings is 1. The molecular weight excluding hydrogens is 492 g/mol. The van der Waals surface area contributed by atoms with Crippen LogP contribution in [-0.4, -0.2) is 29.8 Å². The van der Waals surface area contributed by atoms with Gasteiger partial charge in [-0.1, -0.05) is 11.6 Å². The lowest BCUT2D eigenvalue weighted by molar-refractivity contribution is 0.303. The van der Waals surface area contributed by atoms with E-state index >= 15 is 0 Å². The summed E-state index contributed by atoms with van der Waals surface area (Å²) in [7, 11) is 0. The molecule has 184 valence electrons. The van der Waals surface area contributed by atoms with Gasteiger partial charge in [-0.2, -0.15) is 10.4 Å². The third-order valence-corrected chi connectivity index (χ3v) is 6.47. The lowest BCUT2D eigenvalue weighted by Crippen LogP contribution is -2.26. The fourth-order valence-corrected chi connectivity index (χ4v) is 4.49. The maximum atomic E-state index is 12.7. The van der Waals surface area contributed by atoms with Gasteiger partial charge in [0.15, 0.2) is 5.75 Å². The van der Waals surface area contributed by atoms with Gasteiger partial charge in [-0.15, -0.1) is 0 Å². The normalized spacial score (nSPS) is 11.8. The zero-order chi connectivity index (χ0) is 26.1. The predicted octanol–water partition coefficient (Wildman–Crippen LogP) is 4.91. The van der Waals surface area contributed by atoms with Crippen molar-refractivity contribution in [2.45, 2.75) is 26.5 Å². The minimum absolute atomic E-state index is 0.0368. The van der Waals surface area contributed by atoms with Crippen molar-refractivity contribution in [2.24, 2.45) is 0 Å². The molecule has 0 fully saturated rings. The van der Waals surface area contributed by atoms with Crippen LogP contribution in [0.5, 0.6) is 11.5 Å². The minimum Gasteiger partial charge on any atom is -0.504 e. The Morgan fingerprint density at radius 3 is 2.86 bits per heavy atom. The summed E-state index contributed by atoms with van der Waals surface area (Å²) in [4.78, 5) is 21.8. The number of hydrogen-bond donors (Lipinski definition) is 2. The molecule has 4 aromatic heterocycles. The summed E-state index contributed by atoms with van der Waals surface area (Å²) in [5.41, 5.74) is 3.60. The average Bonchev–Trinajstić information content (AvgIpc) is 3.32. The van der Waals surface area contributed by atoms with Gasteiger partial charge in [-0.25, -0.2) is 0 Å². The highest BCUT2D eigenvalue weighted by atomic mass is 35.5. The van der Waals surface area contributed by atoms with Crippen LogP contribution >= 0.6 is 11.6 Å². The molecule has 1 aromatic carbocycles. The first kappa shape index (κ1) is 24.0. The maximum Gasteiger partial charge on any atom is 0.269 e. The highest BCUT2D eigenvalue weighted by Gasteiger charge is 2.20. The van der Waals surface area contributed by atoms with Gasteiger partial charge >= 0.3 is 0 Å². The molecule has 5 rings (SSSR count). The summed E-state index contributed by atoms with van der Waals surface area (Å²) >= 11 is 6.54. The van der Waals surface area contributed by atoms with Crippen LogP contribution in [0, 0.1) is 18.3 Å². The van der Waals surface area contributed by atoms with Crippen molar-refractivity contribution in [3.8, 4) is 28.8 Å². The summed E-state index contributed by atoms with van der Waals surface area (Å²) in [5.74, 6) is 0.593. The molecule has 0 saturated carbocycles. The van der Waals surface area contributed by atoms with Crippen LogP contribution in [0.2, 0.25) is 5.02 Å². The molecule has 0 saturated heterocycles. The first-order valence-electron chi connectivity index (χ1n) is 11.4. The highest BCUT2D eigenvalue weighted by Crippen LogP contribution is 2.35. The molecule has 0 aliphatic heterocycles. The van der Waals surface area contributed by atoms with Crippen LogP contribution in [0.15, 0.2) is 65.8 Å². The molecular formula is C27H21ClN6O3. The van der Waals surface area contributed by atoms with E-state index in [1.807, 2.05) is 38.1 Å². The van der Waals surface area contributed by atoms with Gasteiger partial charge in [0.2, 0.25) is 0 Å². The highest BCUT2D eigenvalue weighted by molar-refractivity contribution is 6.31. The molecule has 9 nitrogen and oxygen atoms in total. The molecule has 4 heterocycles. The van der Waals surface area contributed by atoms with Crippen LogP contribution in [0.25, 0.3) is 22.2 Å². The second-order valence-corrected chi connectivity index (χ2v) is 8.89. The molecule has 0 radical (unpaired) electrons. The largest absolute Gasteiger partial charge is 0.504 e. The number of aryl methyl sites for hydroxylation is 1. The SMILES string of the molecule is Cc1cc(-c2[nH]ncc2O)c2cc(OCc3c(Cl)ccnc3C(C)n3cccc(C#N)c3=O)ccc2n1. The van der Waals surface area contributed by atoms with Gasteiger partial charge in [-0.05, 0) is 56.3 Å². The van der Waals surface area contributed by atoms with E-state index in [0.717, 1.165) is 22.2 Å². The number of nitriles is 1. The molecule has 5 aromatic rings. The standard InChI is InChI=1S/C27H21ClN6O3/c1-15-10-20(26-24(35)13-31-33-26)19-11-18(5-6-23(19)32-15)37-14-21-22(28)7-8-30-25(21)16(2)34-9-3-4-17(12-29)27(34)36/h3-11,13,16,35H,14H2,1-2H3,(H,31,33). The van der Waals surface area contributed by atoms with Crippen LogP contribution in [0.1, 0.15) is 35.5 Å². The predicted molar refractivity (Wildman–Crippen MR) is 139 cm³/mol. The van der Waals surface area contributed by atoms with Crippen molar-refractivity contribution in [3.63, 3.8) is 0 Å². The molecule has 10 heteroatoms. The van der Waals surface area contributed by atoms with Crippen molar-refractivity contribution < 1.29 is 9.84 Å². The lowest BCUT2D eigenvalue weighted by atomic mass is 10.0. The molecule has 0 spiro atoms. The molecule has 1 atom stereocenters. The number of nitrogens with zero attached hydrogens (tertiary/aromatic N) is 5. The number of H-pyrrole nitrogens is 1. The topological polar surface area (TPSA) is 130 Å². The van der Waals surface area contributed by atoms with Crippen LogP contribution in [-0.2, 0) is 6.61 Å². The van der Waals surface area contributed by atoms with Crippen molar-refractivity contribution in [1.82, 2.24) is 24.7 Å². The van der Waals surface area contributed by atoms with E-state index in [-0.39, 0.29) is 17.9 Å². The summed E-state index contributed by atoms with van der Waals surface area (Å²) in [6.45, 7) is 3.79. The Hall–Kier alpha value is -4.68. The molecule has 37 heavy (non-hydrogen) atoms. The van der Waals surface area contributed by atoms with Crippen LogP contribution in [0.4, 0.5) is 0 Å². The van der Waals surface area contributed by atoms with E-state index in [1.54, 1.807) is 30.6 Å². The molecule has 2 N–H and O–H groups in total. The van der Waals surface area contributed by atoms with Crippen LogP contribution in [0.3, 0.4) is 0 Å². The Morgan fingerprint density at radius 1 is 1.27 bits per heavy atom. The van der Waals surface area contributed by atoms with E-state index in [4.69, 9.17) is 16.3 Å². The smallest absolute Gasteiger partial charge is 0.269 e. The monoisotopic (exact) mass is 512 g/mol. The van der Waals surface area contributed by atoms with Gasteiger partial charge in [0.25, 0.3) is 5.56 Å². The average molecular weight is 513 g/mol. The third kappa shape index (κ3) is 4.50. The number of aromatic nitrogens is 5. The van der Waals surface area contributed by atoms with Gasteiger partial charge in [-0.3, -0.25) is 19.9 Å². The first-order chi connectivity index (χ1) is 17.9. The molecule has 0 bridgehead atoms.